The Kier molecular flexibility index (Phi) is 1.11. The van der Waals surface area contributed by atoms with Gasteiger partial charge in [-0.05, 0) is 112 Å². The molecule has 0 N–H and O–H groups in total. The summed E-state index contributed by atoms with van der Waals surface area (Å²) in [5, 5.41) is 0. The van der Waals surface area contributed by atoms with Crippen molar-refractivity contribution in [1.29, 1.82) is 0 Å². The van der Waals surface area contributed by atoms with Crippen LogP contribution in [-0.2, 0) is 0 Å². The maximum Gasteiger partial charge on any atom is -0.0114 e. The van der Waals surface area contributed by atoms with Crippen LogP contribution in [0.5, 0.6) is 0 Å². The number of fused-ring (bicyclic) bond motifs is 9. The number of hydrogen-bond donors (Lipinski definition) is 0. The van der Waals surface area contributed by atoms with E-state index in [0.29, 0.717) is 0 Å². The molecule has 0 heteroatoms. The lowest BCUT2D eigenvalue weighted by atomic mass is 9.11. The number of hydrogen-bond acceptors (Lipinski definition) is 0. The topological polar surface area (TPSA) is 0 Å². The van der Waals surface area contributed by atoms with Crippen LogP contribution in [-0.4, -0.2) is 0 Å². The van der Waals surface area contributed by atoms with Gasteiger partial charge in [-0.2, -0.15) is 0 Å². The van der Waals surface area contributed by atoms with Crippen LogP contribution in [0.15, 0.2) is 0 Å². The van der Waals surface area contributed by atoms with Gasteiger partial charge in [-0.25, -0.2) is 0 Å². The van der Waals surface area contributed by atoms with Crippen LogP contribution >= 0.6 is 0 Å². The molecule has 0 nitrogen and oxygen atoms in total. The summed E-state index contributed by atoms with van der Waals surface area (Å²) >= 11 is 0. The lowest BCUT2D eigenvalue weighted by Crippen LogP contribution is -2.88. The van der Waals surface area contributed by atoms with Crippen LogP contribution in [0.25, 0.3) is 0 Å². The van der Waals surface area contributed by atoms with Crippen molar-refractivity contribution in [3.05, 3.63) is 0 Å². The van der Waals surface area contributed by atoms with Crippen LogP contribution in [0.1, 0.15) is 46.5 Å². The molecular weight excluding hydrogens is 264 g/mol. The van der Waals surface area contributed by atoms with Crippen molar-refractivity contribution in [2.75, 3.05) is 0 Å². The Morgan fingerprint density at radius 1 is 0.818 bits per heavy atom. The molecule has 0 aromatic rings. The maximum absolute atomic E-state index is 2.87. The Hall–Kier alpha value is 0. The largest absolute Gasteiger partial charge is 0.0619 e. The highest BCUT2D eigenvalue weighted by atomic mass is 15.1. The van der Waals surface area contributed by atoms with E-state index < -0.39 is 0 Å². The molecule has 0 amide bonds. The second-order valence-electron chi connectivity index (χ2n) is 12.2. The summed E-state index contributed by atoms with van der Waals surface area (Å²) in [6.45, 7) is 8.35. The summed E-state index contributed by atoms with van der Waals surface area (Å²) in [6.07, 6.45) is 6.81. The first kappa shape index (κ1) is 10.8. The van der Waals surface area contributed by atoms with Crippen molar-refractivity contribution in [2.45, 2.75) is 46.5 Å². The lowest BCUT2D eigenvalue weighted by molar-refractivity contribution is -0.458. The second kappa shape index (κ2) is 2.26. The first-order chi connectivity index (χ1) is 10.6. The summed E-state index contributed by atoms with van der Waals surface area (Å²) in [5.74, 6) is 13.1. The highest BCUT2D eigenvalue weighted by Gasteiger charge is 3.03. The minimum absolute atomic E-state index is 0.775. The zero-order chi connectivity index (χ0) is 14.2. The molecule has 8 saturated carbocycles. The van der Waals surface area contributed by atoms with Crippen molar-refractivity contribution in [2.24, 2.45) is 86.8 Å². The van der Waals surface area contributed by atoms with Crippen LogP contribution in [0.2, 0.25) is 0 Å². The molecule has 0 saturated heterocycles. The molecule has 0 aromatic carbocycles. The summed E-state index contributed by atoms with van der Waals surface area (Å²) in [5.41, 5.74) is 3.44. The zero-order valence-corrected chi connectivity index (χ0v) is 14.2. The van der Waals surface area contributed by atoms with Gasteiger partial charge in [0.05, 0.1) is 0 Å². The molecule has 8 aliphatic carbocycles. The molecule has 22 heavy (non-hydrogen) atoms. The van der Waals surface area contributed by atoms with Gasteiger partial charge in [0.25, 0.3) is 0 Å². The minimum Gasteiger partial charge on any atom is -0.0619 e. The molecule has 15 atom stereocenters. The Labute approximate surface area is 133 Å². The average Bonchev–Trinajstić information content (AvgIpc) is 2.70. The summed E-state index contributed by atoms with van der Waals surface area (Å²) in [4.78, 5) is 0. The Balaban J connectivity index is 1.53. The van der Waals surface area contributed by atoms with Crippen LogP contribution < -0.4 is 0 Å². The Bertz CT molecular complexity index is 724. The molecule has 0 radical (unpaired) electrons. The van der Waals surface area contributed by atoms with E-state index in [1.807, 2.05) is 0 Å². The molecule has 0 aliphatic heterocycles. The SMILES string of the molecule is CC1C2C3C4C2C2CC(C)C56CC47CC5C4CC(C37)C46C12C. The molecular formula is C22H28. The van der Waals surface area contributed by atoms with Crippen molar-refractivity contribution < 1.29 is 0 Å². The molecule has 2 bridgehead atoms. The highest BCUT2D eigenvalue weighted by molar-refractivity contribution is 5.50. The van der Waals surface area contributed by atoms with Gasteiger partial charge >= 0.3 is 0 Å². The van der Waals surface area contributed by atoms with Gasteiger partial charge in [0.15, 0.2) is 0 Å². The Morgan fingerprint density at radius 2 is 1.68 bits per heavy atom. The van der Waals surface area contributed by atoms with Crippen molar-refractivity contribution in [3.63, 3.8) is 0 Å². The van der Waals surface area contributed by atoms with E-state index in [9.17, 15) is 0 Å². The minimum atomic E-state index is 0.775. The van der Waals surface area contributed by atoms with E-state index in [4.69, 9.17) is 0 Å². The fraction of sp³-hybridized carbons (Fsp3) is 1.00. The third-order valence-corrected chi connectivity index (χ3v) is 13.8. The molecule has 8 rings (SSSR count). The summed E-state index contributed by atoms with van der Waals surface area (Å²) in [6, 6.07) is 0. The van der Waals surface area contributed by atoms with E-state index in [2.05, 4.69) is 20.8 Å². The molecule has 116 valence electrons. The molecule has 3 spiro atoms. The predicted octanol–water partition coefficient (Wildman–Crippen LogP) is 4.45. The molecule has 0 heterocycles. The quantitative estimate of drug-likeness (QED) is 0.618. The fourth-order valence-electron chi connectivity index (χ4n) is 14.5. The molecule has 0 aromatic heterocycles. The summed E-state index contributed by atoms with van der Waals surface area (Å²) in [7, 11) is 0. The average molecular weight is 292 g/mol. The monoisotopic (exact) mass is 292 g/mol. The van der Waals surface area contributed by atoms with Gasteiger partial charge < -0.3 is 0 Å². The zero-order valence-electron chi connectivity index (χ0n) is 14.2. The molecule has 8 aliphatic rings. The van der Waals surface area contributed by atoms with E-state index in [1.54, 1.807) is 25.7 Å². The van der Waals surface area contributed by atoms with Gasteiger partial charge in [-0.15, -0.1) is 0 Å². The number of rotatable bonds is 0. The van der Waals surface area contributed by atoms with Gasteiger partial charge in [0, 0.05) is 0 Å². The van der Waals surface area contributed by atoms with E-state index >= 15 is 0 Å². The highest BCUT2D eigenvalue weighted by Crippen LogP contribution is 3.07. The van der Waals surface area contributed by atoms with E-state index in [-0.39, 0.29) is 0 Å². The fourth-order valence-corrected chi connectivity index (χ4v) is 14.5. The van der Waals surface area contributed by atoms with Gasteiger partial charge in [0.1, 0.15) is 0 Å². The van der Waals surface area contributed by atoms with Crippen LogP contribution in [0, 0.1) is 86.8 Å². The molecule has 8 fully saturated rings. The molecule has 15 unspecified atom stereocenters. The van der Waals surface area contributed by atoms with Gasteiger partial charge in [0.2, 0.25) is 0 Å². The first-order valence-corrected chi connectivity index (χ1v) is 10.6. The summed E-state index contributed by atoms with van der Waals surface area (Å²) < 4.78 is 0. The van der Waals surface area contributed by atoms with Crippen LogP contribution in [0.4, 0.5) is 0 Å². The van der Waals surface area contributed by atoms with Gasteiger partial charge in [-0.1, -0.05) is 20.8 Å². The van der Waals surface area contributed by atoms with E-state index in [1.165, 1.54) is 47.3 Å². The Morgan fingerprint density at radius 3 is 2.55 bits per heavy atom. The van der Waals surface area contributed by atoms with Gasteiger partial charge in [-0.3, -0.25) is 0 Å². The third-order valence-electron chi connectivity index (χ3n) is 13.8. The van der Waals surface area contributed by atoms with Crippen LogP contribution in [0.3, 0.4) is 0 Å². The standard InChI is InChI=1S/C22H28/c1-8-4-11-15-14-9(2)19(11,3)22-10-5-12(22)17-16(14)18(15)20(17)6-13(10)21(8,22)7-20/h8-18H,4-7H2,1-3H3. The second-order valence-corrected chi connectivity index (χ2v) is 12.2. The first-order valence-electron chi connectivity index (χ1n) is 10.6. The smallest absolute Gasteiger partial charge is 0.0114 e. The maximum atomic E-state index is 2.87. The van der Waals surface area contributed by atoms with Crippen molar-refractivity contribution in [1.82, 2.24) is 0 Å². The normalized spacial score (nSPS) is 93.7. The van der Waals surface area contributed by atoms with Crippen molar-refractivity contribution in [3.8, 4) is 0 Å². The van der Waals surface area contributed by atoms with Crippen molar-refractivity contribution >= 4 is 0 Å². The predicted molar refractivity (Wildman–Crippen MR) is 83.6 cm³/mol. The lowest BCUT2D eigenvalue weighted by Gasteiger charge is -2.92. The third kappa shape index (κ3) is 0.493. The van der Waals surface area contributed by atoms with E-state index in [0.717, 1.165) is 39.4 Å².